The first-order valence-corrected chi connectivity index (χ1v) is 5.03. The van der Waals surface area contributed by atoms with E-state index in [-0.39, 0.29) is 0 Å². The van der Waals surface area contributed by atoms with Crippen molar-refractivity contribution in [1.82, 2.24) is 0 Å². The van der Waals surface area contributed by atoms with Crippen LogP contribution in [0.4, 0.5) is 0 Å². The molecular weight excluding hydrogens is 175 g/mol. The molecule has 10 heavy (non-hydrogen) atoms. The number of rotatable bonds is 2. The maximum Gasteiger partial charge on any atom is 0.394 e. The highest BCUT2D eigenvalue weighted by Crippen LogP contribution is 1.89. The average molecular weight is 188 g/mol. The first kappa shape index (κ1) is 12.9. The summed E-state index contributed by atoms with van der Waals surface area (Å²) in [6.45, 7) is 2.20. The van der Waals surface area contributed by atoms with E-state index in [9.17, 15) is 0 Å². The van der Waals surface area contributed by atoms with Crippen LogP contribution in [0.25, 0.3) is 0 Å². The van der Waals surface area contributed by atoms with E-state index in [4.69, 9.17) is 17.5 Å². The second-order valence-corrected chi connectivity index (χ2v) is 3.06. The fourth-order valence-corrected chi connectivity index (χ4v) is 0.612. The molecule has 0 aliphatic heterocycles. The Morgan fingerprint density at radius 2 is 1.70 bits per heavy atom. The molecule has 0 bridgehead atoms. The molecule has 0 fully saturated rings. The van der Waals surface area contributed by atoms with Crippen molar-refractivity contribution in [3.63, 3.8) is 0 Å². The zero-order chi connectivity index (χ0) is 8.62. The van der Waals surface area contributed by atoms with Gasteiger partial charge in [0.1, 0.15) is 0 Å². The average Bonchev–Trinajstić information content (AvgIpc) is 1.63. The summed E-state index contributed by atoms with van der Waals surface area (Å²) in [4.78, 5) is 0. The van der Waals surface area contributed by atoms with Crippen LogP contribution in [0.5, 0.6) is 0 Å². The van der Waals surface area contributed by atoms with E-state index < -0.39 is 10.4 Å². The fraction of sp³-hybridized carbons (Fsp3) is 1.00. The van der Waals surface area contributed by atoms with Gasteiger partial charge in [0.25, 0.3) is 0 Å². The van der Waals surface area contributed by atoms with E-state index in [2.05, 4.69) is 16.2 Å². The maximum absolute atomic E-state index is 8.74. The highest BCUT2D eigenvalue weighted by Gasteiger charge is 1.84. The molecule has 64 valence electrons. The first-order chi connectivity index (χ1) is 4.41. The Bertz CT molecular complexity index is 131. The van der Waals surface area contributed by atoms with Crippen LogP contribution in [0.2, 0.25) is 0 Å². The molecule has 2 N–H and O–H groups in total. The third kappa shape index (κ3) is 83.6. The van der Waals surface area contributed by atoms with Gasteiger partial charge in [0.15, 0.2) is 0 Å². The van der Waals surface area contributed by atoms with Gasteiger partial charge in [-0.15, -0.1) is 9.24 Å². The molecule has 0 aromatic rings. The zero-order valence-electron chi connectivity index (χ0n) is 5.82. The number of hydrogen-bond acceptors (Lipinski definition) is 2. The van der Waals surface area contributed by atoms with Crippen LogP contribution in [-0.2, 0) is 10.4 Å². The van der Waals surface area contributed by atoms with Crippen LogP contribution < -0.4 is 0 Å². The molecule has 4 nitrogen and oxygen atoms in total. The van der Waals surface area contributed by atoms with Crippen LogP contribution in [0.15, 0.2) is 0 Å². The van der Waals surface area contributed by atoms with Crippen LogP contribution in [0.3, 0.4) is 0 Å². The molecule has 0 aromatic heterocycles. The molecule has 0 aromatic carbocycles. The van der Waals surface area contributed by atoms with E-state index >= 15 is 0 Å². The summed E-state index contributed by atoms with van der Waals surface area (Å²) in [6.07, 6.45) is 3.94. The molecule has 1 unspecified atom stereocenters. The van der Waals surface area contributed by atoms with E-state index in [0.29, 0.717) is 0 Å². The third-order valence-corrected chi connectivity index (χ3v) is 0.966. The second kappa shape index (κ2) is 7.41. The Labute approximate surface area is 63.8 Å². The predicted octanol–water partition coefficient (Wildman–Crippen LogP) is 1.01. The lowest BCUT2D eigenvalue weighted by atomic mass is 10.4. The van der Waals surface area contributed by atoms with Gasteiger partial charge in [0.2, 0.25) is 0 Å². The molecular formula is C4H13O4PS. The summed E-state index contributed by atoms with van der Waals surface area (Å²) in [7, 11) is -1.97. The highest BCUT2D eigenvalue weighted by atomic mass is 32.3. The smallest absolute Gasteiger partial charge is 0.264 e. The Morgan fingerprint density at radius 3 is 1.70 bits per heavy atom. The zero-order valence-corrected chi connectivity index (χ0v) is 7.79. The molecule has 0 radical (unpaired) electrons. The lowest BCUT2D eigenvalue weighted by Gasteiger charge is -1.79. The van der Waals surface area contributed by atoms with E-state index in [1.54, 1.807) is 0 Å². The number of unbranched alkanes of at least 4 members (excludes halogenated alkanes) is 1. The normalized spacial score (nSPS) is 10.0. The van der Waals surface area contributed by atoms with Gasteiger partial charge in [-0.25, -0.2) is 0 Å². The summed E-state index contributed by atoms with van der Waals surface area (Å²) in [5.74, 6) is 0. The Balaban J connectivity index is 0. The van der Waals surface area contributed by atoms with E-state index in [1.165, 1.54) is 19.0 Å². The van der Waals surface area contributed by atoms with Crippen molar-refractivity contribution in [3.8, 4) is 0 Å². The molecule has 0 rings (SSSR count). The Morgan fingerprint density at radius 1 is 1.40 bits per heavy atom. The standard InChI is InChI=1S/C4H11P.H2O4S/c1-2-3-4-5;1-5(2,3)4/h2-5H2,1H3;(H2,1,2,3,4). The minimum absolute atomic E-state index is 1.26. The first-order valence-electron chi connectivity index (χ1n) is 2.81. The van der Waals surface area contributed by atoms with Gasteiger partial charge in [-0.1, -0.05) is 19.8 Å². The quantitative estimate of drug-likeness (QED) is 0.501. The largest absolute Gasteiger partial charge is 0.394 e. The summed E-state index contributed by atoms with van der Waals surface area (Å²) in [6, 6.07) is 0. The lowest BCUT2D eigenvalue weighted by molar-refractivity contribution is 0.381. The van der Waals surface area contributed by atoms with Crippen LogP contribution in [0.1, 0.15) is 19.8 Å². The summed E-state index contributed by atoms with van der Waals surface area (Å²) in [5.41, 5.74) is 0. The Kier molecular flexibility index (Phi) is 9.58. The highest BCUT2D eigenvalue weighted by molar-refractivity contribution is 7.79. The van der Waals surface area contributed by atoms with Crippen molar-refractivity contribution in [2.75, 3.05) is 6.16 Å². The molecule has 0 saturated heterocycles. The SMILES string of the molecule is CCCCP.O=S(=O)(O)O. The Hall–Kier alpha value is 0.300. The molecule has 0 aliphatic rings. The van der Waals surface area contributed by atoms with Crippen molar-refractivity contribution < 1.29 is 17.5 Å². The number of hydrogen-bond donors (Lipinski definition) is 2. The van der Waals surface area contributed by atoms with Crippen molar-refractivity contribution in [1.29, 1.82) is 0 Å². The summed E-state index contributed by atoms with van der Waals surface area (Å²) in [5, 5.41) is 0. The molecule has 0 aliphatic carbocycles. The van der Waals surface area contributed by atoms with E-state index in [1.807, 2.05) is 0 Å². The van der Waals surface area contributed by atoms with Gasteiger partial charge in [0, 0.05) is 0 Å². The third-order valence-electron chi connectivity index (χ3n) is 0.558. The van der Waals surface area contributed by atoms with Gasteiger partial charge >= 0.3 is 10.4 Å². The lowest BCUT2D eigenvalue weighted by Crippen LogP contribution is -1.89. The molecule has 6 heteroatoms. The molecule has 0 saturated carbocycles. The monoisotopic (exact) mass is 188 g/mol. The minimum atomic E-state index is -4.67. The summed E-state index contributed by atoms with van der Waals surface area (Å²) >= 11 is 0. The van der Waals surface area contributed by atoms with Gasteiger partial charge in [-0.3, -0.25) is 9.11 Å². The fourth-order valence-electron chi connectivity index (χ4n) is 0.204. The maximum atomic E-state index is 8.74. The van der Waals surface area contributed by atoms with Crippen molar-refractivity contribution in [3.05, 3.63) is 0 Å². The molecule has 0 amide bonds. The minimum Gasteiger partial charge on any atom is -0.264 e. The predicted molar refractivity (Wildman–Crippen MR) is 43.7 cm³/mol. The van der Waals surface area contributed by atoms with Gasteiger partial charge < -0.3 is 0 Å². The van der Waals surface area contributed by atoms with Crippen molar-refractivity contribution in [2.24, 2.45) is 0 Å². The molecule has 0 heterocycles. The van der Waals surface area contributed by atoms with Crippen LogP contribution >= 0.6 is 9.24 Å². The second-order valence-electron chi connectivity index (χ2n) is 1.59. The van der Waals surface area contributed by atoms with Gasteiger partial charge in [-0.2, -0.15) is 8.42 Å². The molecule has 1 atom stereocenters. The van der Waals surface area contributed by atoms with Gasteiger partial charge in [-0.05, 0) is 6.16 Å². The van der Waals surface area contributed by atoms with Crippen molar-refractivity contribution in [2.45, 2.75) is 19.8 Å². The van der Waals surface area contributed by atoms with Crippen molar-refractivity contribution >= 4 is 19.6 Å². The van der Waals surface area contributed by atoms with E-state index in [0.717, 1.165) is 0 Å². The molecule has 0 spiro atoms. The topological polar surface area (TPSA) is 74.6 Å². The van der Waals surface area contributed by atoms with Gasteiger partial charge in [0.05, 0.1) is 0 Å². The summed E-state index contributed by atoms with van der Waals surface area (Å²) < 4.78 is 31.6. The van der Waals surface area contributed by atoms with Crippen LogP contribution in [-0.4, -0.2) is 23.7 Å². The van der Waals surface area contributed by atoms with Crippen LogP contribution in [0, 0.1) is 0 Å².